The molecule has 0 heterocycles. The molecule has 3 aromatic carbocycles. The van der Waals surface area contributed by atoms with E-state index in [1.807, 2.05) is 36.4 Å². The number of rotatable bonds is 4. The second-order valence-corrected chi connectivity index (χ2v) is 5.55. The predicted molar refractivity (Wildman–Crippen MR) is 92.3 cm³/mol. The van der Waals surface area contributed by atoms with Gasteiger partial charge < -0.3 is 4.74 Å². The van der Waals surface area contributed by atoms with Gasteiger partial charge in [0, 0.05) is 10.4 Å². The topological polar surface area (TPSA) is 9.23 Å². The average molecular weight is 307 g/mol. The van der Waals surface area contributed by atoms with Gasteiger partial charge in [-0.1, -0.05) is 60.5 Å². The molecular weight excluding hydrogens is 292 g/mol. The predicted octanol–water partition coefficient (Wildman–Crippen LogP) is 5.25. The van der Waals surface area contributed by atoms with E-state index in [1.165, 1.54) is 16.5 Å². The highest BCUT2D eigenvalue weighted by Crippen LogP contribution is 2.29. The zero-order valence-corrected chi connectivity index (χ0v) is 12.8. The fourth-order valence-corrected chi connectivity index (χ4v) is 2.76. The molecule has 0 bridgehead atoms. The minimum absolute atomic E-state index is 0.730. The van der Waals surface area contributed by atoms with Gasteiger partial charge >= 0.3 is 0 Å². The molecule has 0 aliphatic rings. The van der Waals surface area contributed by atoms with Gasteiger partial charge in [-0.15, -0.1) is 0 Å². The van der Waals surface area contributed by atoms with Crippen LogP contribution >= 0.6 is 11.6 Å². The van der Waals surface area contributed by atoms with Crippen LogP contribution in [0.3, 0.4) is 0 Å². The summed E-state index contributed by atoms with van der Waals surface area (Å²) in [5, 5.41) is 3.00. The van der Waals surface area contributed by atoms with Crippen molar-refractivity contribution in [3.05, 3.63) is 76.8 Å². The lowest BCUT2D eigenvalue weighted by atomic mass is 9.98. The van der Waals surface area contributed by atoms with Crippen LogP contribution in [0.5, 0.6) is 5.75 Å². The van der Waals surface area contributed by atoms with E-state index in [0.29, 0.717) is 0 Å². The first kappa shape index (κ1) is 14.5. The first-order chi connectivity index (χ1) is 10.8. The summed E-state index contributed by atoms with van der Waals surface area (Å²) in [6.45, 7) is 0. The Morgan fingerprint density at radius 3 is 2.32 bits per heavy atom. The van der Waals surface area contributed by atoms with Crippen LogP contribution in [0.15, 0.2) is 60.7 Å². The molecule has 22 heavy (non-hydrogen) atoms. The molecule has 1 nitrogen and oxygen atoms in total. The fourth-order valence-electron chi connectivity index (χ4n) is 2.63. The molecule has 0 aromatic heterocycles. The lowest BCUT2D eigenvalue weighted by molar-refractivity contribution is 0.527. The van der Waals surface area contributed by atoms with E-state index >= 15 is 0 Å². The van der Waals surface area contributed by atoms with E-state index < -0.39 is 0 Å². The first-order valence-corrected chi connectivity index (χ1v) is 7.53. The highest BCUT2D eigenvalue weighted by Gasteiger charge is 2.07. The number of terminal acetylenes is 1. The van der Waals surface area contributed by atoms with Gasteiger partial charge in [0.05, 0.1) is 0 Å². The van der Waals surface area contributed by atoms with Crippen LogP contribution in [0.4, 0.5) is 0 Å². The number of halogens is 1. The van der Waals surface area contributed by atoms with Crippen molar-refractivity contribution >= 4 is 22.4 Å². The van der Waals surface area contributed by atoms with Crippen LogP contribution in [0.2, 0.25) is 5.02 Å². The summed E-state index contributed by atoms with van der Waals surface area (Å²) in [4.78, 5) is 0. The highest BCUT2D eigenvalue weighted by atomic mass is 35.5. The van der Waals surface area contributed by atoms with Crippen molar-refractivity contribution in [2.75, 3.05) is 0 Å². The Morgan fingerprint density at radius 1 is 0.864 bits per heavy atom. The average Bonchev–Trinajstić information content (AvgIpc) is 2.56. The molecule has 0 spiro atoms. The van der Waals surface area contributed by atoms with Crippen LogP contribution in [0.1, 0.15) is 11.1 Å². The SMILES string of the molecule is C#COc1ccc(CCc2ccc(Cl)cc2)c2ccccc12. The van der Waals surface area contributed by atoms with E-state index in [0.717, 1.165) is 29.0 Å². The smallest absolute Gasteiger partial charge is 0.148 e. The molecule has 0 aliphatic heterocycles. The molecule has 108 valence electrons. The molecule has 0 saturated carbocycles. The maximum absolute atomic E-state index is 5.92. The Balaban J connectivity index is 1.89. The van der Waals surface area contributed by atoms with Crippen molar-refractivity contribution in [3.8, 4) is 18.3 Å². The minimum Gasteiger partial charge on any atom is -0.407 e. The summed E-state index contributed by atoms with van der Waals surface area (Å²) in [5.74, 6) is 0.730. The van der Waals surface area contributed by atoms with Gasteiger partial charge in [-0.2, -0.15) is 0 Å². The van der Waals surface area contributed by atoms with Crippen molar-refractivity contribution in [1.29, 1.82) is 0 Å². The Kier molecular flexibility index (Phi) is 4.32. The van der Waals surface area contributed by atoms with Crippen molar-refractivity contribution < 1.29 is 4.74 Å². The maximum atomic E-state index is 5.92. The van der Waals surface area contributed by atoms with Crippen molar-refractivity contribution in [1.82, 2.24) is 0 Å². The molecule has 0 saturated heterocycles. The van der Waals surface area contributed by atoms with Gasteiger partial charge in [0.15, 0.2) is 0 Å². The largest absolute Gasteiger partial charge is 0.407 e. The third-order valence-corrected chi connectivity index (χ3v) is 3.99. The quantitative estimate of drug-likeness (QED) is 0.598. The molecular formula is C20H15ClO. The third kappa shape index (κ3) is 3.08. The molecule has 2 heteroatoms. The molecule has 0 aliphatic carbocycles. The molecule has 0 atom stereocenters. The van der Waals surface area contributed by atoms with Crippen LogP contribution in [-0.4, -0.2) is 0 Å². The Labute approximate surface area is 135 Å². The summed E-state index contributed by atoms with van der Waals surface area (Å²) >= 11 is 5.92. The van der Waals surface area contributed by atoms with Crippen molar-refractivity contribution in [3.63, 3.8) is 0 Å². The number of hydrogen-bond donors (Lipinski definition) is 0. The van der Waals surface area contributed by atoms with Gasteiger partial charge in [0.2, 0.25) is 0 Å². The van der Waals surface area contributed by atoms with E-state index in [-0.39, 0.29) is 0 Å². The van der Waals surface area contributed by atoms with Gasteiger partial charge in [-0.05, 0) is 47.6 Å². The van der Waals surface area contributed by atoms with Crippen LogP contribution in [0.25, 0.3) is 10.8 Å². The standard InChI is InChI=1S/C20H15ClO/c1-2-22-20-14-11-16(18-5-3-4-6-19(18)20)10-7-15-8-12-17(21)13-9-15/h1,3-6,8-9,11-14H,7,10H2. The summed E-state index contributed by atoms with van der Waals surface area (Å²) in [6, 6.07) is 20.2. The Bertz CT molecular complexity index is 828. The van der Waals surface area contributed by atoms with Crippen molar-refractivity contribution in [2.45, 2.75) is 12.8 Å². The van der Waals surface area contributed by atoms with E-state index in [4.69, 9.17) is 22.8 Å². The molecule has 0 unspecified atom stereocenters. The molecule has 0 N–H and O–H groups in total. The number of fused-ring (bicyclic) bond motifs is 1. The minimum atomic E-state index is 0.730. The number of ether oxygens (including phenoxy) is 1. The maximum Gasteiger partial charge on any atom is 0.148 e. The summed E-state index contributed by atoms with van der Waals surface area (Å²) in [6.07, 6.45) is 9.43. The van der Waals surface area contributed by atoms with Gasteiger partial charge in [0.1, 0.15) is 11.9 Å². The van der Waals surface area contributed by atoms with E-state index in [1.54, 1.807) is 0 Å². The van der Waals surface area contributed by atoms with Gasteiger partial charge in [0.25, 0.3) is 0 Å². The van der Waals surface area contributed by atoms with E-state index in [2.05, 4.69) is 30.4 Å². The second kappa shape index (κ2) is 6.56. The first-order valence-electron chi connectivity index (χ1n) is 7.15. The second-order valence-electron chi connectivity index (χ2n) is 5.11. The number of hydrogen-bond acceptors (Lipinski definition) is 1. The van der Waals surface area contributed by atoms with E-state index in [9.17, 15) is 0 Å². The van der Waals surface area contributed by atoms with Crippen molar-refractivity contribution in [2.24, 2.45) is 0 Å². The molecule has 0 fully saturated rings. The summed E-state index contributed by atoms with van der Waals surface area (Å²) in [7, 11) is 0. The summed E-state index contributed by atoms with van der Waals surface area (Å²) in [5.41, 5.74) is 2.56. The highest BCUT2D eigenvalue weighted by molar-refractivity contribution is 6.30. The molecule has 3 rings (SSSR count). The monoisotopic (exact) mass is 306 g/mol. The Morgan fingerprint density at radius 2 is 1.59 bits per heavy atom. The number of aryl methyl sites for hydroxylation is 2. The van der Waals surface area contributed by atoms with Gasteiger partial charge in [-0.3, -0.25) is 0 Å². The molecule has 0 amide bonds. The number of benzene rings is 3. The lowest BCUT2D eigenvalue weighted by Crippen LogP contribution is -1.94. The van der Waals surface area contributed by atoms with Crippen LogP contribution in [0, 0.1) is 12.5 Å². The zero-order chi connectivity index (χ0) is 15.4. The lowest BCUT2D eigenvalue weighted by Gasteiger charge is -2.10. The summed E-state index contributed by atoms with van der Waals surface area (Å²) < 4.78 is 5.26. The zero-order valence-electron chi connectivity index (χ0n) is 12.1. The fraction of sp³-hybridized carbons (Fsp3) is 0.100. The van der Waals surface area contributed by atoms with Crippen LogP contribution in [-0.2, 0) is 12.8 Å². The molecule has 3 aromatic rings. The Hall–Kier alpha value is -2.43. The third-order valence-electron chi connectivity index (χ3n) is 3.74. The normalized spacial score (nSPS) is 10.4. The molecule has 0 radical (unpaired) electrons. The van der Waals surface area contributed by atoms with Crippen LogP contribution < -0.4 is 4.74 Å². The van der Waals surface area contributed by atoms with Gasteiger partial charge in [-0.25, -0.2) is 0 Å².